The number of ether oxygens (including phenoxy) is 2. The molecule has 0 bridgehead atoms. The Kier molecular flexibility index (Phi) is 7.43. The van der Waals surface area contributed by atoms with Crippen LogP contribution in [0.2, 0.25) is 0 Å². The van der Waals surface area contributed by atoms with E-state index in [1.54, 1.807) is 38.4 Å². The van der Waals surface area contributed by atoms with E-state index in [9.17, 15) is 18.4 Å². The lowest BCUT2D eigenvalue weighted by atomic mass is 9.90. The van der Waals surface area contributed by atoms with Gasteiger partial charge in [0.05, 0.1) is 24.3 Å². The topological polar surface area (TPSA) is 103 Å². The average molecular weight is 703 g/mol. The second-order valence-corrected chi connectivity index (χ2v) is 14.5. The lowest BCUT2D eigenvalue weighted by molar-refractivity contribution is 0.0956. The van der Waals surface area contributed by atoms with E-state index in [1.165, 1.54) is 24.3 Å². The molecule has 1 aliphatic heterocycles. The number of hydrogen-bond donors (Lipinski definition) is 2. The molecule has 10 heteroatoms. The third-order valence-electron chi connectivity index (χ3n) is 11.0. The maximum Gasteiger partial charge on any atom is 0.255 e. The molecular formula is C42H36F2N2O6. The first kappa shape index (κ1) is 32.3. The minimum absolute atomic E-state index is 0.234. The fraction of sp³-hybridized carbons (Fsp3) is 0.286. The highest BCUT2D eigenvalue weighted by Crippen LogP contribution is 2.55. The molecule has 9 rings (SSSR count). The highest BCUT2D eigenvalue weighted by Gasteiger charge is 2.48. The summed E-state index contributed by atoms with van der Waals surface area (Å²) in [5, 5.41) is 6.94. The Morgan fingerprint density at radius 3 is 1.31 bits per heavy atom. The standard InChI is InChI=1S/C42H36F2N2O6/c1-45-39(47)35-33-27-19-41(15-16-41)21-50-30-12-14-32-34(36(40(48)46-2)38(52-32)24-5-9-26(44)10-6-24)28(30)20-42(17-18-42)22-49-29(27)11-13-31(33)51-37(35)23-3-7-25(43)8-4-23/h3-14H,15-22H2,1-2H3,(H,45,47)(H,46,48). The molecule has 52 heavy (non-hydrogen) atoms. The van der Waals surface area contributed by atoms with Crippen LogP contribution in [-0.4, -0.2) is 39.1 Å². The van der Waals surface area contributed by atoms with Gasteiger partial charge in [-0.3, -0.25) is 9.59 Å². The molecule has 2 aromatic heterocycles. The van der Waals surface area contributed by atoms with Crippen molar-refractivity contribution in [1.82, 2.24) is 10.6 Å². The summed E-state index contributed by atoms with van der Waals surface area (Å²) < 4.78 is 54.1. The molecule has 2 fully saturated rings. The van der Waals surface area contributed by atoms with Crippen molar-refractivity contribution in [2.45, 2.75) is 38.5 Å². The molecule has 0 unspecified atom stereocenters. The van der Waals surface area contributed by atoms with Gasteiger partial charge in [-0.25, -0.2) is 8.78 Å². The molecule has 3 heterocycles. The van der Waals surface area contributed by atoms with Crippen LogP contribution in [0.5, 0.6) is 11.5 Å². The molecule has 2 N–H and O–H groups in total. The predicted octanol–water partition coefficient (Wildman–Crippen LogP) is 8.63. The van der Waals surface area contributed by atoms with Crippen LogP contribution in [0, 0.1) is 22.5 Å². The fourth-order valence-electron chi connectivity index (χ4n) is 7.71. The molecule has 0 radical (unpaired) electrons. The lowest BCUT2D eigenvalue weighted by Crippen LogP contribution is -2.23. The van der Waals surface area contributed by atoms with Crippen molar-refractivity contribution in [1.29, 1.82) is 0 Å². The summed E-state index contributed by atoms with van der Waals surface area (Å²) in [7, 11) is 3.17. The summed E-state index contributed by atoms with van der Waals surface area (Å²) in [6, 6.07) is 19.4. The number of hydrogen-bond acceptors (Lipinski definition) is 6. The lowest BCUT2D eigenvalue weighted by Gasteiger charge is -2.25. The van der Waals surface area contributed by atoms with Gasteiger partial charge in [-0.1, -0.05) is 0 Å². The Labute approximate surface area is 298 Å². The number of rotatable bonds is 4. The smallest absolute Gasteiger partial charge is 0.255 e. The summed E-state index contributed by atoms with van der Waals surface area (Å²) >= 11 is 0. The van der Waals surface area contributed by atoms with Crippen molar-refractivity contribution in [3.63, 3.8) is 0 Å². The summed E-state index contributed by atoms with van der Waals surface area (Å²) in [4.78, 5) is 27.2. The molecule has 4 aromatic carbocycles. The number of amides is 2. The van der Waals surface area contributed by atoms with E-state index in [4.69, 9.17) is 18.3 Å². The molecule has 8 nitrogen and oxygen atoms in total. The molecule has 0 saturated heterocycles. The Bertz CT molecular complexity index is 2230. The maximum atomic E-state index is 13.9. The minimum atomic E-state index is -0.378. The first-order chi connectivity index (χ1) is 25.2. The quantitative estimate of drug-likeness (QED) is 0.191. The van der Waals surface area contributed by atoms with Gasteiger partial charge in [-0.15, -0.1) is 0 Å². The third-order valence-corrected chi connectivity index (χ3v) is 11.0. The molecule has 2 saturated carbocycles. The predicted molar refractivity (Wildman–Crippen MR) is 192 cm³/mol. The first-order valence-electron chi connectivity index (χ1n) is 17.6. The van der Waals surface area contributed by atoms with Crippen molar-refractivity contribution < 1.29 is 36.7 Å². The van der Waals surface area contributed by atoms with E-state index in [2.05, 4.69) is 10.6 Å². The monoisotopic (exact) mass is 702 g/mol. The number of carbonyl (C=O) groups is 2. The van der Waals surface area contributed by atoms with Crippen molar-refractivity contribution in [3.05, 3.63) is 107 Å². The summed E-state index contributed by atoms with van der Waals surface area (Å²) in [5.41, 5.74) is 4.39. The summed E-state index contributed by atoms with van der Waals surface area (Å²) in [6.45, 7) is 0.814. The highest BCUT2D eigenvalue weighted by atomic mass is 19.1. The number of nitrogens with one attached hydrogen (secondary N) is 2. The summed E-state index contributed by atoms with van der Waals surface area (Å²) in [5.74, 6) is 0.762. The second kappa shape index (κ2) is 12.0. The molecule has 2 spiro atoms. The van der Waals surface area contributed by atoms with E-state index < -0.39 is 0 Å². The molecule has 264 valence electrons. The van der Waals surface area contributed by atoms with E-state index in [1.807, 2.05) is 24.3 Å². The van der Waals surface area contributed by atoms with Crippen LogP contribution >= 0.6 is 0 Å². The van der Waals surface area contributed by atoms with Crippen molar-refractivity contribution in [2.75, 3.05) is 27.3 Å². The average Bonchev–Trinajstić information content (AvgIpc) is 4.03. The van der Waals surface area contributed by atoms with Gasteiger partial charge < -0.3 is 28.9 Å². The zero-order valence-corrected chi connectivity index (χ0v) is 28.8. The third kappa shape index (κ3) is 5.39. The van der Waals surface area contributed by atoms with Gasteiger partial charge in [0.25, 0.3) is 11.8 Å². The first-order valence-corrected chi connectivity index (χ1v) is 17.6. The van der Waals surface area contributed by atoms with Crippen LogP contribution in [0.1, 0.15) is 57.5 Å². The number of carbonyl (C=O) groups excluding carboxylic acids is 2. The molecular weight excluding hydrogens is 666 g/mol. The van der Waals surface area contributed by atoms with E-state index in [0.29, 0.717) is 93.3 Å². The zero-order chi connectivity index (χ0) is 35.8. The van der Waals surface area contributed by atoms with Gasteiger partial charge in [-0.05, 0) is 111 Å². The highest BCUT2D eigenvalue weighted by molar-refractivity contribution is 6.13. The summed E-state index contributed by atoms with van der Waals surface area (Å²) in [6.07, 6.45) is 4.80. The molecule has 3 aliphatic rings. The van der Waals surface area contributed by atoms with Gasteiger partial charge in [0.15, 0.2) is 0 Å². The van der Waals surface area contributed by atoms with Gasteiger partial charge in [-0.2, -0.15) is 0 Å². The van der Waals surface area contributed by atoms with Gasteiger partial charge in [0.1, 0.15) is 45.8 Å². The zero-order valence-electron chi connectivity index (χ0n) is 28.8. The number of fused-ring (bicyclic) bond motifs is 6. The minimum Gasteiger partial charge on any atom is -0.493 e. The van der Waals surface area contributed by atoms with Crippen LogP contribution in [0.15, 0.2) is 81.6 Å². The number of furan rings is 2. The molecule has 2 aliphatic carbocycles. The largest absolute Gasteiger partial charge is 0.493 e. The number of benzene rings is 4. The van der Waals surface area contributed by atoms with Gasteiger partial charge in [0.2, 0.25) is 0 Å². The Hall–Kier alpha value is -5.64. The normalized spacial score (nSPS) is 17.0. The fourth-order valence-corrected chi connectivity index (χ4v) is 7.71. The maximum absolute atomic E-state index is 13.9. The van der Waals surface area contributed by atoms with Gasteiger partial charge >= 0.3 is 0 Å². The molecule has 6 aromatic rings. The van der Waals surface area contributed by atoms with Crippen LogP contribution in [-0.2, 0) is 12.8 Å². The number of halogens is 2. The Morgan fingerprint density at radius 1 is 0.577 bits per heavy atom. The van der Waals surface area contributed by atoms with Crippen LogP contribution < -0.4 is 20.1 Å². The van der Waals surface area contributed by atoms with Crippen molar-refractivity contribution in [3.8, 4) is 34.1 Å². The second-order valence-electron chi connectivity index (χ2n) is 14.5. The van der Waals surface area contributed by atoms with Crippen LogP contribution in [0.25, 0.3) is 44.6 Å². The van der Waals surface area contributed by atoms with E-state index in [0.717, 1.165) is 36.8 Å². The van der Waals surface area contributed by atoms with E-state index >= 15 is 0 Å². The van der Waals surface area contributed by atoms with Crippen molar-refractivity contribution >= 4 is 33.8 Å². The van der Waals surface area contributed by atoms with Crippen LogP contribution in [0.4, 0.5) is 8.78 Å². The SMILES string of the molecule is CNC(=O)c1c(-c2ccc(F)cc2)oc2ccc3c(c12)CC1(CC1)COc1ccc2oc(-c4ccc(F)cc4)c(C(=O)NC)c2c1CC1(CC1)CO3. The Balaban J connectivity index is 1.18. The molecule has 2 amide bonds. The van der Waals surface area contributed by atoms with Crippen molar-refractivity contribution in [2.24, 2.45) is 10.8 Å². The van der Waals surface area contributed by atoms with Crippen LogP contribution in [0.3, 0.4) is 0 Å². The molecule has 0 atom stereocenters. The van der Waals surface area contributed by atoms with Gasteiger partial charge in [0, 0.05) is 58.0 Å². The van der Waals surface area contributed by atoms with E-state index in [-0.39, 0.29) is 34.3 Å². The Morgan fingerprint density at radius 2 is 0.962 bits per heavy atom.